The maximum absolute atomic E-state index is 12.4. The Kier molecular flexibility index (Phi) is 3.15. The lowest BCUT2D eigenvalue weighted by molar-refractivity contribution is 0.0831. The quantitative estimate of drug-likeness (QED) is 0.800. The van der Waals surface area contributed by atoms with Crippen LogP contribution in [0.5, 0.6) is 0 Å². The van der Waals surface area contributed by atoms with Gasteiger partial charge in [0.15, 0.2) is 5.54 Å². The fourth-order valence-electron chi connectivity index (χ4n) is 1.10. The summed E-state index contributed by atoms with van der Waals surface area (Å²) in [6.07, 6.45) is -2.98. The van der Waals surface area contributed by atoms with E-state index in [1.165, 1.54) is 6.07 Å². The summed E-state index contributed by atoms with van der Waals surface area (Å²) in [5, 5.41) is 8.56. The van der Waals surface area contributed by atoms with Crippen LogP contribution >= 0.6 is 0 Å². The monoisotopic (exact) mass is 196 g/mol. The second-order valence-corrected chi connectivity index (χ2v) is 3.12. The molecule has 2 N–H and O–H groups in total. The molecule has 1 unspecified atom stereocenters. The van der Waals surface area contributed by atoms with Crippen molar-refractivity contribution in [3.05, 3.63) is 35.9 Å². The van der Waals surface area contributed by atoms with Gasteiger partial charge in [0.1, 0.15) is 0 Å². The van der Waals surface area contributed by atoms with Gasteiger partial charge in [0.2, 0.25) is 0 Å². The molecule has 1 rings (SSSR count). The van der Waals surface area contributed by atoms with Gasteiger partial charge in [-0.1, -0.05) is 30.3 Å². The van der Waals surface area contributed by atoms with Gasteiger partial charge in [0.25, 0.3) is 6.43 Å². The van der Waals surface area contributed by atoms with Crippen molar-refractivity contribution >= 4 is 0 Å². The number of alkyl halides is 2. The van der Waals surface area contributed by atoms with Gasteiger partial charge in [-0.3, -0.25) is 0 Å². The minimum Gasteiger partial charge on any atom is -0.308 e. The summed E-state index contributed by atoms with van der Waals surface area (Å²) in [6, 6.07) is 10.0. The molecule has 0 aliphatic heterocycles. The van der Waals surface area contributed by atoms with Crippen molar-refractivity contribution in [1.82, 2.24) is 0 Å². The third kappa shape index (κ3) is 2.27. The van der Waals surface area contributed by atoms with Crippen LogP contribution < -0.4 is 5.73 Å². The van der Waals surface area contributed by atoms with Crippen molar-refractivity contribution in [2.45, 2.75) is 18.4 Å². The predicted octanol–water partition coefficient (Wildman–Crippen LogP) is 1.72. The lowest BCUT2D eigenvalue weighted by Gasteiger charge is -2.19. The molecule has 4 heteroatoms. The molecule has 0 aromatic heterocycles. The molecule has 2 nitrogen and oxygen atoms in total. The maximum Gasteiger partial charge on any atom is 0.269 e. The Morgan fingerprint density at radius 1 is 1.36 bits per heavy atom. The van der Waals surface area contributed by atoms with Gasteiger partial charge in [-0.15, -0.1) is 0 Å². The first-order chi connectivity index (χ1) is 6.58. The van der Waals surface area contributed by atoms with E-state index in [4.69, 9.17) is 11.0 Å². The van der Waals surface area contributed by atoms with Crippen LogP contribution in [0.2, 0.25) is 0 Å². The Labute approximate surface area is 81.0 Å². The second kappa shape index (κ2) is 4.16. The van der Waals surface area contributed by atoms with E-state index in [-0.39, 0.29) is 6.42 Å². The third-order valence-corrected chi connectivity index (χ3v) is 1.94. The summed E-state index contributed by atoms with van der Waals surface area (Å²) in [6.45, 7) is 0. The number of benzene rings is 1. The summed E-state index contributed by atoms with van der Waals surface area (Å²) in [5.74, 6) is 0. The molecule has 1 aromatic rings. The standard InChI is InChI=1S/C10H10F2N2/c11-9(12)10(14,7-13)6-8-4-2-1-3-5-8/h1-5,9H,6,14H2. The van der Waals surface area contributed by atoms with Crippen molar-refractivity contribution in [1.29, 1.82) is 5.26 Å². The first-order valence-electron chi connectivity index (χ1n) is 4.11. The molecule has 1 atom stereocenters. The predicted molar refractivity (Wildman–Crippen MR) is 48.7 cm³/mol. The summed E-state index contributed by atoms with van der Waals surface area (Å²) in [7, 11) is 0. The summed E-state index contributed by atoms with van der Waals surface area (Å²) in [5.41, 5.74) is 3.81. The number of hydrogen-bond donors (Lipinski definition) is 1. The average Bonchev–Trinajstić information content (AvgIpc) is 2.19. The van der Waals surface area contributed by atoms with Crippen LogP contribution in [0.3, 0.4) is 0 Å². The molecule has 0 spiro atoms. The molecular formula is C10H10F2N2. The van der Waals surface area contributed by atoms with Crippen LogP contribution in [-0.2, 0) is 6.42 Å². The van der Waals surface area contributed by atoms with Crippen LogP contribution in [-0.4, -0.2) is 12.0 Å². The molecule has 0 heterocycles. The SMILES string of the molecule is N#CC(N)(Cc1ccccc1)C(F)F. The van der Waals surface area contributed by atoms with Gasteiger partial charge in [-0.05, 0) is 5.56 Å². The normalized spacial score (nSPS) is 14.8. The van der Waals surface area contributed by atoms with E-state index in [1.807, 2.05) is 0 Å². The van der Waals surface area contributed by atoms with E-state index in [9.17, 15) is 8.78 Å². The highest BCUT2D eigenvalue weighted by Crippen LogP contribution is 2.17. The molecule has 0 amide bonds. The van der Waals surface area contributed by atoms with Gasteiger partial charge < -0.3 is 5.73 Å². The molecule has 0 saturated heterocycles. The van der Waals surface area contributed by atoms with Gasteiger partial charge >= 0.3 is 0 Å². The van der Waals surface area contributed by atoms with E-state index < -0.39 is 12.0 Å². The molecule has 74 valence electrons. The van der Waals surface area contributed by atoms with Crippen LogP contribution in [0, 0.1) is 11.3 Å². The van der Waals surface area contributed by atoms with E-state index in [1.54, 1.807) is 30.3 Å². The molecule has 0 bridgehead atoms. The van der Waals surface area contributed by atoms with Gasteiger partial charge in [0.05, 0.1) is 6.07 Å². The largest absolute Gasteiger partial charge is 0.308 e. The number of nitriles is 1. The lowest BCUT2D eigenvalue weighted by Crippen LogP contribution is -2.47. The zero-order valence-corrected chi connectivity index (χ0v) is 7.45. The smallest absolute Gasteiger partial charge is 0.269 e. The highest BCUT2D eigenvalue weighted by atomic mass is 19.3. The highest BCUT2D eigenvalue weighted by Gasteiger charge is 2.36. The zero-order valence-electron chi connectivity index (χ0n) is 7.45. The lowest BCUT2D eigenvalue weighted by atomic mass is 9.94. The Bertz CT molecular complexity index is 332. The van der Waals surface area contributed by atoms with E-state index in [2.05, 4.69) is 0 Å². The first kappa shape index (κ1) is 10.6. The topological polar surface area (TPSA) is 49.8 Å². The molecule has 0 aliphatic rings. The first-order valence-corrected chi connectivity index (χ1v) is 4.11. The van der Waals surface area contributed by atoms with Crippen molar-refractivity contribution in [2.75, 3.05) is 0 Å². The van der Waals surface area contributed by atoms with Gasteiger partial charge in [-0.25, -0.2) is 8.78 Å². The number of nitrogens with zero attached hydrogens (tertiary/aromatic N) is 1. The Morgan fingerprint density at radius 3 is 2.36 bits per heavy atom. The van der Waals surface area contributed by atoms with Crippen LogP contribution in [0.25, 0.3) is 0 Å². The molecule has 0 aliphatic carbocycles. The van der Waals surface area contributed by atoms with Crippen molar-refractivity contribution in [3.8, 4) is 6.07 Å². The molecule has 0 radical (unpaired) electrons. The molecule has 0 saturated carbocycles. The van der Waals surface area contributed by atoms with Crippen LogP contribution in [0.1, 0.15) is 5.56 Å². The zero-order chi connectivity index (χ0) is 10.6. The third-order valence-electron chi connectivity index (χ3n) is 1.94. The van der Waals surface area contributed by atoms with Gasteiger partial charge in [-0.2, -0.15) is 5.26 Å². The number of rotatable bonds is 3. The Morgan fingerprint density at radius 2 is 1.93 bits per heavy atom. The minimum absolute atomic E-state index is 0.137. The van der Waals surface area contributed by atoms with Crippen molar-refractivity contribution in [2.24, 2.45) is 5.73 Å². The van der Waals surface area contributed by atoms with E-state index in [0.29, 0.717) is 5.56 Å². The minimum atomic E-state index is -2.84. The second-order valence-electron chi connectivity index (χ2n) is 3.12. The maximum atomic E-state index is 12.4. The van der Waals surface area contributed by atoms with E-state index >= 15 is 0 Å². The number of nitrogens with two attached hydrogens (primary N) is 1. The van der Waals surface area contributed by atoms with Crippen molar-refractivity contribution < 1.29 is 8.78 Å². The van der Waals surface area contributed by atoms with Crippen LogP contribution in [0.15, 0.2) is 30.3 Å². The van der Waals surface area contributed by atoms with Crippen LogP contribution in [0.4, 0.5) is 8.78 Å². The summed E-state index contributed by atoms with van der Waals surface area (Å²) < 4.78 is 24.8. The summed E-state index contributed by atoms with van der Waals surface area (Å²) in [4.78, 5) is 0. The van der Waals surface area contributed by atoms with Crippen molar-refractivity contribution in [3.63, 3.8) is 0 Å². The molecule has 0 fully saturated rings. The molecule has 14 heavy (non-hydrogen) atoms. The molecular weight excluding hydrogens is 186 g/mol. The van der Waals surface area contributed by atoms with Gasteiger partial charge in [0, 0.05) is 6.42 Å². The fourth-order valence-corrected chi connectivity index (χ4v) is 1.10. The number of hydrogen-bond acceptors (Lipinski definition) is 2. The Hall–Kier alpha value is -1.47. The highest BCUT2D eigenvalue weighted by molar-refractivity contribution is 5.22. The number of halogens is 2. The molecule has 1 aromatic carbocycles. The average molecular weight is 196 g/mol. The fraction of sp³-hybridized carbons (Fsp3) is 0.300. The Balaban J connectivity index is 2.83. The summed E-state index contributed by atoms with van der Waals surface area (Å²) >= 11 is 0. The van der Waals surface area contributed by atoms with E-state index in [0.717, 1.165) is 0 Å².